The first-order valence-corrected chi connectivity index (χ1v) is 7.63. The fourth-order valence-electron chi connectivity index (χ4n) is 1.53. The van der Waals surface area contributed by atoms with E-state index in [0.717, 1.165) is 5.56 Å². The number of aliphatic imine (C=N–C) groups is 1. The molecule has 0 spiro atoms. The number of hydrogen-bond donors (Lipinski definition) is 4. The molecule has 0 saturated carbocycles. The van der Waals surface area contributed by atoms with Crippen molar-refractivity contribution in [3.8, 4) is 11.3 Å². The SMILES string of the molecule is CONC(=Nc1ccc(-c2c[nH]cn2)cc1Cl)P(=O)(O)O. The first kappa shape index (κ1) is 15.7. The molecule has 2 aromatic rings. The molecule has 0 amide bonds. The first-order valence-electron chi connectivity index (χ1n) is 5.64. The van der Waals surface area contributed by atoms with E-state index >= 15 is 0 Å². The predicted molar refractivity (Wildman–Crippen MR) is 78.3 cm³/mol. The van der Waals surface area contributed by atoms with Gasteiger partial charge in [0, 0.05) is 11.8 Å². The van der Waals surface area contributed by atoms with Crippen LogP contribution < -0.4 is 5.48 Å². The van der Waals surface area contributed by atoms with Crippen molar-refractivity contribution in [2.24, 2.45) is 4.99 Å². The summed E-state index contributed by atoms with van der Waals surface area (Å²) in [5.41, 5.74) is 3.06. The van der Waals surface area contributed by atoms with Crippen LogP contribution in [-0.4, -0.2) is 32.4 Å². The summed E-state index contributed by atoms with van der Waals surface area (Å²) in [4.78, 5) is 33.5. The van der Waals surface area contributed by atoms with Gasteiger partial charge in [-0.1, -0.05) is 17.7 Å². The van der Waals surface area contributed by atoms with Gasteiger partial charge in [-0.2, -0.15) is 0 Å². The van der Waals surface area contributed by atoms with E-state index in [2.05, 4.69) is 25.3 Å². The lowest BCUT2D eigenvalue weighted by atomic mass is 10.1. The molecule has 1 heterocycles. The smallest absolute Gasteiger partial charge is 0.351 e. The minimum absolute atomic E-state index is 0.193. The number of halogens is 1. The fourth-order valence-corrected chi connectivity index (χ4v) is 2.20. The Balaban J connectivity index is 2.39. The third kappa shape index (κ3) is 3.90. The molecular weight excluding hydrogens is 319 g/mol. The summed E-state index contributed by atoms with van der Waals surface area (Å²) in [6, 6.07) is 4.81. The quantitative estimate of drug-likeness (QED) is 0.295. The molecule has 0 saturated heterocycles. The van der Waals surface area contributed by atoms with Crippen LogP contribution in [0.4, 0.5) is 5.69 Å². The Hall–Kier alpha value is -1.70. The van der Waals surface area contributed by atoms with Crippen LogP contribution in [0.1, 0.15) is 0 Å². The molecule has 1 aromatic carbocycles. The lowest BCUT2D eigenvalue weighted by molar-refractivity contribution is 0.145. The number of aromatic amines is 1. The normalized spacial score (nSPS) is 12.5. The Labute approximate surface area is 125 Å². The second-order valence-corrected chi connectivity index (χ2v) is 5.83. The number of nitrogens with one attached hydrogen (secondary N) is 2. The zero-order valence-electron chi connectivity index (χ0n) is 10.8. The van der Waals surface area contributed by atoms with Crippen LogP contribution in [0.25, 0.3) is 11.3 Å². The van der Waals surface area contributed by atoms with Crippen LogP contribution in [0, 0.1) is 0 Å². The Kier molecular flexibility index (Phi) is 4.76. The zero-order valence-corrected chi connectivity index (χ0v) is 12.5. The molecule has 0 unspecified atom stereocenters. The molecule has 112 valence electrons. The maximum atomic E-state index is 11.3. The predicted octanol–water partition coefficient (Wildman–Crippen LogP) is 2.05. The van der Waals surface area contributed by atoms with Gasteiger partial charge in [0.25, 0.3) is 0 Å². The molecule has 4 N–H and O–H groups in total. The number of benzene rings is 1. The summed E-state index contributed by atoms with van der Waals surface area (Å²) >= 11 is 6.07. The Morgan fingerprint density at radius 3 is 2.81 bits per heavy atom. The highest BCUT2D eigenvalue weighted by molar-refractivity contribution is 7.70. The third-order valence-electron chi connectivity index (χ3n) is 2.44. The maximum absolute atomic E-state index is 11.3. The Morgan fingerprint density at radius 2 is 2.29 bits per heavy atom. The second-order valence-electron chi connectivity index (χ2n) is 3.91. The van der Waals surface area contributed by atoms with Crippen LogP contribution in [0.3, 0.4) is 0 Å². The summed E-state index contributed by atoms with van der Waals surface area (Å²) in [5, 5.41) is 0.222. The lowest BCUT2D eigenvalue weighted by Crippen LogP contribution is -2.21. The van der Waals surface area contributed by atoms with Gasteiger partial charge < -0.3 is 14.8 Å². The number of nitrogens with zero attached hydrogens (tertiary/aromatic N) is 2. The van der Waals surface area contributed by atoms with E-state index in [-0.39, 0.29) is 10.7 Å². The molecule has 21 heavy (non-hydrogen) atoms. The molecule has 0 aliphatic heterocycles. The van der Waals surface area contributed by atoms with E-state index in [1.165, 1.54) is 19.5 Å². The van der Waals surface area contributed by atoms with Gasteiger partial charge in [0.1, 0.15) is 0 Å². The van der Waals surface area contributed by atoms with Crippen LogP contribution in [-0.2, 0) is 9.40 Å². The van der Waals surface area contributed by atoms with Crippen LogP contribution >= 0.6 is 19.2 Å². The molecule has 0 fully saturated rings. The average molecular weight is 331 g/mol. The van der Waals surface area contributed by atoms with Gasteiger partial charge in [0.2, 0.25) is 5.58 Å². The average Bonchev–Trinajstić information content (AvgIpc) is 2.93. The van der Waals surface area contributed by atoms with Crippen molar-refractivity contribution < 1.29 is 19.2 Å². The highest BCUT2D eigenvalue weighted by Crippen LogP contribution is 2.38. The van der Waals surface area contributed by atoms with Gasteiger partial charge >= 0.3 is 7.60 Å². The Morgan fingerprint density at radius 1 is 1.52 bits per heavy atom. The number of rotatable bonds is 4. The molecular formula is C11H12ClN4O4P. The van der Waals surface area contributed by atoms with Gasteiger partial charge in [-0.15, -0.1) is 0 Å². The van der Waals surface area contributed by atoms with Gasteiger partial charge in [-0.3, -0.25) is 9.40 Å². The summed E-state index contributed by atoms with van der Waals surface area (Å²) in [5.74, 6) is 0. The minimum atomic E-state index is -4.60. The van der Waals surface area contributed by atoms with E-state index in [1.54, 1.807) is 18.3 Å². The third-order valence-corrected chi connectivity index (χ3v) is 3.48. The number of imidazole rings is 1. The van der Waals surface area contributed by atoms with Crippen molar-refractivity contribution in [2.45, 2.75) is 0 Å². The molecule has 0 aliphatic carbocycles. The van der Waals surface area contributed by atoms with E-state index in [4.69, 9.17) is 21.4 Å². The highest BCUT2D eigenvalue weighted by Gasteiger charge is 2.24. The van der Waals surface area contributed by atoms with Gasteiger partial charge in [0.15, 0.2) is 0 Å². The number of amidine groups is 1. The highest BCUT2D eigenvalue weighted by atomic mass is 35.5. The molecule has 2 rings (SSSR count). The molecule has 0 bridgehead atoms. The monoisotopic (exact) mass is 330 g/mol. The number of hydrogen-bond acceptors (Lipinski definition) is 4. The van der Waals surface area contributed by atoms with Crippen molar-refractivity contribution in [2.75, 3.05) is 7.11 Å². The van der Waals surface area contributed by atoms with Crippen molar-refractivity contribution in [1.29, 1.82) is 0 Å². The van der Waals surface area contributed by atoms with Crippen molar-refractivity contribution in [3.63, 3.8) is 0 Å². The summed E-state index contributed by atoms with van der Waals surface area (Å²) < 4.78 is 11.3. The molecule has 0 radical (unpaired) electrons. The van der Waals surface area contributed by atoms with E-state index in [1.807, 2.05) is 0 Å². The summed E-state index contributed by atoms with van der Waals surface area (Å²) in [7, 11) is -3.38. The molecule has 0 aliphatic rings. The van der Waals surface area contributed by atoms with E-state index in [0.29, 0.717) is 5.69 Å². The fraction of sp³-hybridized carbons (Fsp3) is 0.0909. The van der Waals surface area contributed by atoms with Crippen molar-refractivity contribution in [3.05, 3.63) is 35.7 Å². The Bertz CT molecular complexity index is 698. The summed E-state index contributed by atoms with van der Waals surface area (Å²) in [6.07, 6.45) is 3.23. The molecule has 10 heteroatoms. The lowest BCUT2D eigenvalue weighted by Gasteiger charge is -2.09. The van der Waals surface area contributed by atoms with E-state index < -0.39 is 13.2 Å². The minimum Gasteiger partial charge on any atom is -0.351 e. The van der Waals surface area contributed by atoms with Crippen molar-refractivity contribution >= 4 is 30.5 Å². The van der Waals surface area contributed by atoms with Gasteiger partial charge in [-0.25, -0.2) is 15.5 Å². The van der Waals surface area contributed by atoms with E-state index in [9.17, 15) is 4.57 Å². The largest absolute Gasteiger partial charge is 0.393 e. The standard InChI is InChI=1S/C11H12ClN4O4P/c1-20-16-11(21(17,18)19)15-9-3-2-7(4-8(9)12)10-5-13-6-14-10/h2-6H,1H3,(H,13,14)(H,15,16)(H2,17,18,19). The first-order chi connectivity index (χ1) is 9.91. The number of H-pyrrole nitrogens is 1. The topological polar surface area (TPSA) is 120 Å². The molecule has 0 atom stereocenters. The molecule has 8 nitrogen and oxygen atoms in total. The zero-order chi connectivity index (χ0) is 15.5. The maximum Gasteiger partial charge on any atom is 0.393 e. The van der Waals surface area contributed by atoms with Crippen LogP contribution in [0.2, 0.25) is 5.02 Å². The van der Waals surface area contributed by atoms with Gasteiger partial charge in [-0.05, 0) is 12.1 Å². The van der Waals surface area contributed by atoms with Crippen molar-refractivity contribution in [1.82, 2.24) is 15.4 Å². The second kappa shape index (κ2) is 6.38. The number of aromatic nitrogens is 2. The van der Waals surface area contributed by atoms with Crippen LogP contribution in [0.15, 0.2) is 35.7 Å². The molecule has 1 aromatic heterocycles. The van der Waals surface area contributed by atoms with Crippen LogP contribution in [0.5, 0.6) is 0 Å². The van der Waals surface area contributed by atoms with Gasteiger partial charge in [0.05, 0.1) is 29.8 Å². The number of hydroxylamine groups is 1. The summed E-state index contributed by atoms with van der Waals surface area (Å²) in [6.45, 7) is 0.